The van der Waals surface area contributed by atoms with Crippen LogP contribution in [0.5, 0.6) is 0 Å². The summed E-state index contributed by atoms with van der Waals surface area (Å²) in [5.74, 6) is -0.0978. The predicted octanol–water partition coefficient (Wildman–Crippen LogP) is 15.4. The highest BCUT2D eigenvalue weighted by Gasteiger charge is 2.37. The molecule has 0 fully saturated rings. The number of nitrogens with zero attached hydrogens (tertiary/aromatic N) is 5. The fraction of sp³-hybridized carbons (Fsp3) is 0.0566. The third-order valence-electron chi connectivity index (χ3n) is 11.3. The summed E-state index contributed by atoms with van der Waals surface area (Å²) in [5.41, 5.74) is -0.924. The molecule has 0 bridgehead atoms. The highest BCUT2D eigenvalue weighted by atomic mass is 19.4. The second-order valence-corrected chi connectivity index (χ2v) is 15.6. The van der Waals surface area contributed by atoms with Crippen molar-refractivity contribution in [2.24, 2.45) is 0 Å². The first-order valence-electron chi connectivity index (χ1n) is 20.6. The van der Waals surface area contributed by atoms with E-state index in [0.29, 0.717) is 39.3 Å². The van der Waals surface area contributed by atoms with Crippen molar-refractivity contribution in [3.63, 3.8) is 0 Å². The molecular weight excluding hydrogens is 878 g/mol. The lowest BCUT2D eigenvalue weighted by Gasteiger charge is -2.22. The molecule has 0 amide bonds. The second kappa shape index (κ2) is 16.4. The number of benzene rings is 7. The van der Waals surface area contributed by atoms with Gasteiger partial charge < -0.3 is 4.57 Å². The molecule has 0 saturated heterocycles. The molecule has 14 heteroatoms. The fourth-order valence-corrected chi connectivity index (χ4v) is 8.16. The Bertz CT molecular complexity index is 3130. The van der Waals surface area contributed by atoms with E-state index in [2.05, 4.69) is 0 Å². The summed E-state index contributed by atoms with van der Waals surface area (Å²) < 4.78 is 135. The van der Waals surface area contributed by atoms with Gasteiger partial charge in [-0.25, -0.2) is 19.9 Å². The molecule has 0 unspecified atom stereocenters. The van der Waals surface area contributed by atoms with E-state index in [1.165, 1.54) is 10.6 Å². The predicted molar refractivity (Wildman–Crippen MR) is 240 cm³/mol. The van der Waals surface area contributed by atoms with Gasteiger partial charge in [0.25, 0.3) is 0 Å². The molecule has 67 heavy (non-hydrogen) atoms. The molecule has 3 heterocycles. The topological polar surface area (TPSA) is 56.5 Å². The summed E-state index contributed by atoms with van der Waals surface area (Å²) in [6, 6.07) is 45.3. The lowest BCUT2D eigenvalue weighted by atomic mass is 9.96. The molecule has 10 rings (SSSR count). The summed E-state index contributed by atoms with van der Waals surface area (Å²) >= 11 is 0. The Morgan fingerprint density at radius 1 is 0.313 bits per heavy atom. The van der Waals surface area contributed by atoms with Gasteiger partial charge in [0.05, 0.1) is 56.2 Å². The lowest BCUT2D eigenvalue weighted by Crippen LogP contribution is -2.11. The summed E-state index contributed by atoms with van der Waals surface area (Å²) in [6.07, 6.45) is -14.8. The van der Waals surface area contributed by atoms with Crippen molar-refractivity contribution in [2.45, 2.75) is 18.5 Å². The first kappa shape index (κ1) is 42.8. The van der Waals surface area contributed by atoms with Gasteiger partial charge in [-0.05, 0) is 60.7 Å². The molecule has 0 atom stereocenters. The van der Waals surface area contributed by atoms with Crippen LogP contribution in [0.2, 0.25) is 0 Å². The normalized spacial score (nSPS) is 12.3. The maximum absolute atomic E-state index is 15.6. The first-order valence-corrected chi connectivity index (χ1v) is 20.6. The Morgan fingerprint density at radius 2 is 0.672 bits per heavy atom. The highest BCUT2D eigenvalue weighted by Crippen LogP contribution is 2.47. The van der Waals surface area contributed by atoms with Gasteiger partial charge in [-0.2, -0.15) is 39.5 Å². The molecule has 0 radical (unpaired) electrons. The minimum Gasteiger partial charge on any atom is -0.308 e. The van der Waals surface area contributed by atoms with Crippen molar-refractivity contribution in [3.05, 3.63) is 199 Å². The molecule has 0 aliphatic carbocycles. The van der Waals surface area contributed by atoms with Crippen molar-refractivity contribution < 1.29 is 39.5 Å². The summed E-state index contributed by atoms with van der Waals surface area (Å²) in [7, 11) is 0. The molecular formula is C53H30F9N5. The number of fused-ring (bicyclic) bond motifs is 3. The van der Waals surface area contributed by atoms with E-state index in [4.69, 9.17) is 19.9 Å². The van der Waals surface area contributed by atoms with Gasteiger partial charge in [-0.15, -0.1) is 0 Å². The van der Waals surface area contributed by atoms with Crippen LogP contribution < -0.4 is 0 Å². The monoisotopic (exact) mass is 907 g/mol. The third kappa shape index (κ3) is 8.26. The van der Waals surface area contributed by atoms with Crippen LogP contribution in [0.15, 0.2) is 182 Å². The average molecular weight is 908 g/mol. The van der Waals surface area contributed by atoms with E-state index < -0.39 is 35.2 Å². The number of aromatic nitrogens is 5. The molecule has 7 aromatic carbocycles. The average Bonchev–Trinajstić information content (AvgIpc) is 3.66. The van der Waals surface area contributed by atoms with Crippen LogP contribution in [0, 0.1) is 0 Å². The summed E-state index contributed by atoms with van der Waals surface area (Å²) in [6.45, 7) is 0. The van der Waals surface area contributed by atoms with E-state index in [-0.39, 0.29) is 56.0 Å². The number of halogens is 9. The standard InChI is InChI=1S/C53H30F9N5/c54-51(55,56)35-21-23-46-38(25-35)39-26-36(52(57,58)59)22-24-47(39)67(46)48-40(45-30-44(33-17-9-3-10-18-33)63-49(66-45)34-19-11-4-12-20-34)27-37(53(60,61)62)28-41(48)50-64-42(31-13-5-1-6-14-31)29-43(65-50)32-15-7-2-8-16-32/h1-30H. The van der Waals surface area contributed by atoms with Crippen molar-refractivity contribution in [3.8, 4) is 73.5 Å². The Balaban J connectivity index is 1.41. The number of hydrogen-bond acceptors (Lipinski definition) is 4. The molecule has 3 aromatic heterocycles. The van der Waals surface area contributed by atoms with Crippen LogP contribution in [0.1, 0.15) is 16.7 Å². The SMILES string of the molecule is FC(F)(F)c1cc(-c2cc(-c3ccccc3)nc(-c3ccccc3)n2)c(-n2c3ccc(C(F)(F)F)cc3c3cc(C(F)(F)F)ccc32)c(-c2nc(-c3ccccc3)cc(-c3ccccc3)n2)c1. The molecule has 0 aliphatic rings. The van der Waals surface area contributed by atoms with Crippen LogP contribution in [0.3, 0.4) is 0 Å². The Kier molecular flexibility index (Phi) is 10.5. The van der Waals surface area contributed by atoms with E-state index in [1.54, 1.807) is 127 Å². The maximum atomic E-state index is 15.6. The molecule has 0 aliphatic heterocycles. The van der Waals surface area contributed by atoms with E-state index in [9.17, 15) is 26.3 Å². The molecule has 0 spiro atoms. The van der Waals surface area contributed by atoms with Crippen LogP contribution in [-0.2, 0) is 18.5 Å². The minimum absolute atomic E-state index is 0.0484. The quantitative estimate of drug-likeness (QED) is 0.150. The molecule has 330 valence electrons. The maximum Gasteiger partial charge on any atom is 0.416 e. The Labute approximate surface area is 375 Å². The number of alkyl halides is 9. The fourth-order valence-electron chi connectivity index (χ4n) is 8.16. The van der Waals surface area contributed by atoms with E-state index in [1.807, 2.05) is 0 Å². The number of rotatable bonds is 7. The zero-order chi connectivity index (χ0) is 46.7. The molecule has 0 saturated carbocycles. The van der Waals surface area contributed by atoms with Gasteiger partial charge in [0.2, 0.25) is 0 Å². The van der Waals surface area contributed by atoms with Crippen LogP contribution >= 0.6 is 0 Å². The van der Waals surface area contributed by atoms with Gasteiger partial charge in [-0.3, -0.25) is 0 Å². The zero-order valence-electron chi connectivity index (χ0n) is 34.5. The number of hydrogen-bond donors (Lipinski definition) is 0. The van der Waals surface area contributed by atoms with Gasteiger partial charge in [0.15, 0.2) is 11.6 Å². The van der Waals surface area contributed by atoms with Crippen molar-refractivity contribution in [2.75, 3.05) is 0 Å². The van der Waals surface area contributed by atoms with E-state index >= 15 is 13.2 Å². The van der Waals surface area contributed by atoms with Crippen molar-refractivity contribution in [1.82, 2.24) is 24.5 Å². The lowest BCUT2D eigenvalue weighted by molar-refractivity contribution is -0.138. The smallest absolute Gasteiger partial charge is 0.308 e. The summed E-state index contributed by atoms with van der Waals surface area (Å²) in [5, 5.41) is -0.483. The Hall–Kier alpha value is -8.13. The second-order valence-electron chi connectivity index (χ2n) is 15.6. The third-order valence-corrected chi connectivity index (χ3v) is 11.3. The van der Waals surface area contributed by atoms with Gasteiger partial charge in [-0.1, -0.05) is 121 Å². The van der Waals surface area contributed by atoms with Crippen molar-refractivity contribution in [1.29, 1.82) is 0 Å². The van der Waals surface area contributed by atoms with E-state index in [0.717, 1.165) is 48.5 Å². The van der Waals surface area contributed by atoms with Gasteiger partial charge in [0, 0.05) is 44.2 Å². The highest BCUT2D eigenvalue weighted by molar-refractivity contribution is 6.11. The molecule has 0 N–H and O–H groups in total. The molecule has 10 aromatic rings. The van der Waals surface area contributed by atoms with Crippen LogP contribution in [0.4, 0.5) is 39.5 Å². The van der Waals surface area contributed by atoms with Gasteiger partial charge >= 0.3 is 18.5 Å². The van der Waals surface area contributed by atoms with Crippen molar-refractivity contribution >= 4 is 21.8 Å². The largest absolute Gasteiger partial charge is 0.416 e. The first-order chi connectivity index (χ1) is 32.1. The zero-order valence-corrected chi connectivity index (χ0v) is 34.5. The van der Waals surface area contributed by atoms with Gasteiger partial charge in [0.1, 0.15) is 0 Å². The minimum atomic E-state index is -5.01. The Morgan fingerprint density at radius 3 is 1.09 bits per heavy atom. The van der Waals surface area contributed by atoms with Crippen LogP contribution in [0.25, 0.3) is 95.3 Å². The van der Waals surface area contributed by atoms with Crippen LogP contribution in [-0.4, -0.2) is 24.5 Å². The molecule has 5 nitrogen and oxygen atoms in total. The summed E-state index contributed by atoms with van der Waals surface area (Å²) in [4.78, 5) is 19.5.